The molecule has 1 fully saturated rings. The molecule has 1 aliphatic rings. The molecule has 0 spiro atoms. The SMILES string of the molecule is CC(C)CN(C[C@@H]1CN(Cc2ccco2)C[C@H]1c1ccc(F)cc1)C(=O)c1ccccc1. The number of carbonyl (C=O) groups excluding carboxylic acids is 1. The van der Waals surface area contributed by atoms with Gasteiger partial charge in [-0.3, -0.25) is 9.69 Å². The minimum Gasteiger partial charge on any atom is -0.468 e. The van der Waals surface area contributed by atoms with Gasteiger partial charge >= 0.3 is 0 Å². The van der Waals surface area contributed by atoms with Crippen molar-refractivity contribution in [1.82, 2.24) is 9.80 Å². The van der Waals surface area contributed by atoms with Crippen molar-refractivity contribution in [3.05, 3.63) is 95.7 Å². The highest BCUT2D eigenvalue weighted by Crippen LogP contribution is 2.34. The Bertz CT molecular complexity index is 986. The third kappa shape index (κ3) is 5.46. The molecule has 0 aliphatic carbocycles. The summed E-state index contributed by atoms with van der Waals surface area (Å²) in [6, 6.07) is 20.2. The molecule has 0 bridgehead atoms. The number of benzene rings is 2. The first-order valence-corrected chi connectivity index (χ1v) is 11.3. The van der Waals surface area contributed by atoms with E-state index in [-0.39, 0.29) is 23.6 Å². The first-order valence-electron chi connectivity index (χ1n) is 11.3. The van der Waals surface area contributed by atoms with Gasteiger partial charge in [0.05, 0.1) is 12.8 Å². The highest BCUT2D eigenvalue weighted by atomic mass is 19.1. The third-order valence-electron chi connectivity index (χ3n) is 6.12. The molecular formula is C27H31FN2O2. The van der Waals surface area contributed by atoms with Crippen LogP contribution < -0.4 is 0 Å². The van der Waals surface area contributed by atoms with Gasteiger partial charge in [-0.05, 0) is 53.8 Å². The van der Waals surface area contributed by atoms with Crippen molar-refractivity contribution >= 4 is 5.91 Å². The fourth-order valence-electron chi connectivity index (χ4n) is 4.71. The van der Waals surface area contributed by atoms with Crippen LogP contribution >= 0.6 is 0 Å². The predicted molar refractivity (Wildman–Crippen MR) is 124 cm³/mol. The Morgan fingerprint density at radius 3 is 2.47 bits per heavy atom. The van der Waals surface area contributed by atoms with Gasteiger partial charge < -0.3 is 9.32 Å². The van der Waals surface area contributed by atoms with E-state index >= 15 is 0 Å². The van der Waals surface area contributed by atoms with Crippen LogP contribution in [0.25, 0.3) is 0 Å². The Balaban J connectivity index is 1.57. The topological polar surface area (TPSA) is 36.7 Å². The van der Waals surface area contributed by atoms with Crippen LogP contribution in [0.4, 0.5) is 4.39 Å². The van der Waals surface area contributed by atoms with Gasteiger partial charge in [0.25, 0.3) is 5.91 Å². The van der Waals surface area contributed by atoms with E-state index in [9.17, 15) is 9.18 Å². The van der Waals surface area contributed by atoms with Gasteiger partial charge in [-0.15, -0.1) is 0 Å². The molecule has 0 unspecified atom stereocenters. The van der Waals surface area contributed by atoms with Crippen molar-refractivity contribution < 1.29 is 13.6 Å². The van der Waals surface area contributed by atoms with E-state index in [4.69, 9.17) is 4.42 Å². The highest BCUT2D eigenvalue weighted by molar-refractivity contribution is 5.94. The van der Waals surface area contributed by atoms with Crippen molar-refractivity contribution in [1.29, 1.82) is 0 Å². The monoisotopic (exact) mass is 434 g/mol. The Morgan fingerprint density at radius 2 is 1.81 bits per heavy atom. The van der Waals surface area contributed by atoms with Gasteiger partial charge in [0.1, 0.15) is 11.6 Å². The van der Waals surface area contributed by atoms with E-state index in [2.05, 4.69) is 18.7 Å². The summed E-state index contributed by atoms with van der Waals surface area (Å²) in [5.41, 5.74) is 1.84. The fraction of sp³-hybridized carbons (Fsp3) is 0.370. The molecule has 2 atom stereocenters. The first-order chi connectivity index (χ1) is 15.5. The minimum atomic E-state index is -0.226. The maximum absolute atomic E-state index is 13.6. The van der Waals surface area contributed by atoms with Gasteiger partial charge in [0, 0.05) is 37.7 Å². The number of hydrogen-bond acceptors (Lipinski definition) is 3. The van der Waals surface area contributed by atoms with E-state index in [1.807, 2.05) is 59.5 Å². The van der Waals surface area contributed by atoms with Crippen LogP contribution in [0, 0.1) is 17.7 Å². The molecular weight excluding hydrogens is 403 g/mol. The lowest BCUT2D eigenvalue weighted by Gasteiger charge is -2.30. The molecule has 3 aromatic rings. The van der Waals surface area contributed by atoms with Gasteiger partial charge in [-0.1, -0.05) is 44.2 Å². The summed E-state index contributed by atoms with van der Waals surface area (Å²) in [5.74, 6) is 1.62. The predicted octanol–water partition coefficient (Wildman–Crippen LogP) is 5.43. The summed E-state index contributed by atoms with van der Waals surface area (Å²) in [7, 11) is 0. The smallest absolute Gasteiger partial charge is 0.253 e. The Labute approximate surface area is 189 Å². The zero-order valence-electron chi connectivity index (χ0n) is 18.8. The van der Waals surface area contributed by atoms with E-state index in [0.717, 1.165) is 36.5 Å². The molecule has 2 heterocycles. The zero-order chi connectivity index (χ0) is 22.5. The molecule has 4 nitrogen and oxygen atoms in total. The van der Waals surface area contributed by atoms with Gasteiger partial charge in [-0.25, -0.2) is 4.39 Å². The van der Waals surface area contributed by atoms with Crippen LogP contribution in [0.1, 0.15) is 41.4 Å². The lowest BCUT2D eigenvalue weighted by Crippen LogP contribution is -2.39. The van der Waals surface area contributed by atoms with Crippen LogP contribution in [0.15, 0.2) is 77.4 Å². The summed E-state index contributed by atoms with van der Waals surface area (Å²) in [6.07, 6.45) is 1.70. The van der Waals surface area contributed by atoms with Crippen LogP contribution in [0.5, 0.6) is 0 Å². The van der Waals surface area contributed by atoms with E-state index < -0.39 is 0 Å². The number of hydrogen-bond donors (Lipinski definition) is 0. The normalized spacial score (nSPS) is 18.9. The summed E-state index contributed by atoms with van der Waals surface area (Å²) < 4.78 is 19.1. The Morgan fingerprint density at radius 1 is 1.06 bits per heavy atom. The number of amides is 1. The summed E-state index contributed by atoms with van der Waals surface area (Å²) >= 11 is 0. The first kappa shape index (κ1) is 22.3. The average Bonchev–Trinajstić information content (AvgIpc) is 3.44. The largest absolute Gasteiger partial charge is 0.468 e. The molecule has 32 heavy (non-hydrogen) atoms. The highest BCUT2D eigenvalue weighted by Gasteiger charge is 2.36. The van der Waals surface area contributed by atoms with Crippen LogP contribution in [-0.4, -0.2) is 41.9 Å². The van der Waals surface area contributed by atoms with Crippen LogP contribution in [0.2, 0.25) is 0 Å². The molecule has 1 aliphatic heterocycles. The van der Waals surface area contributed by atoms with Crippen LogP contribution in [-0.2, 0) is 6.54 Å². The van der Waals surface area contributed by atoms with E-state index in [1.54, 1.807) is 6.26 Å². The molecule has 0 radical (unpaired) electrons. The number of furan rings is 1. The minimum absolute atomic E-state index is 0.0710. The lowest BCUT2D eigenvalue weighted by molar-refractivity contribution is 0.0703. The molecule has 5 heteroatoms. The summed E-state index contributed by atoms with van der Waals surface area (Å²) in [6.45, 7) is 8.10. The maximum Gasteiger partial charge on any atom is 0.253 e. The van der Waals surface area contributed by atoms with Crippen molar-refractivity contribution in [3.8, 4) is 0 Å². The Hall–Kier alpha value is -2.92. The third-order valence-corrected chi connectivity index (χ3v) is 6.12. The quantitative estimate of drug-likeness (QED) is 0.474. The second-order valence-electron chi connectivity index (χ2n) is 9.16. The molecule has 1 amide bonds. The van der Waals surface area contributed by atoms with Crippen molar-refractivity contribution in [2.24, 2.45) is 11.8 Å². The molecule has 0 saturated carbocycles. The fourth-order valence-corrected chi connectivity index (χ4v) is 4.71. The number of halogens is 1. The summed E-state index contributed by atoms with van der Waals surface area (Å²) in [5, 5.41) is 0. The molecule has 0 N–H and O–H groups in total. The van der Waals surface area contributed by atoms with Crippen molar-refractivity contribution in [2.75, 3.05) is 26.2 Å². The number of carbonyl (C=O) groups is 1. The maximum atomic E-state index is 13.6. The lowest BCUT2D eigenvalue weighted by atomic mass is 9.88. The molecule has 1 saturated heterocycles. The van der Waals surface area contributed by atoms with Gasteiger partial charge in [0.2, 0.25) is 0 Å². The van der Waals surface area contributed by atoms with Gasteiger partial charge in [0.15, 0.2) is 0 Å². The van der Waals surface area contributed by atoms with E-state index in [1.165, 1.54) is 12.1 Å². The Kier molecular flexibility index (Phi) is 7.05. The molecule has 168 valence electrons. The summed E-state index contributed by atoms with van der Waals surface area (Å²) in [4.78, 5) is 17.7. The van der Waals surface area contributed by atoms with Gasteiger partial charge in [-0.2, -0.15) is 0 Å². The van der Waals surface area contributed by atoms with Crippen molar-refractivity contribution in [3.63, 3.8) is 0 Å². The number of rotatable bonds is 8. The molecule has 1 aromatic heterocycles. The van der Waals surface area contributed by atoms with E-state index in [0.29, 0.717) is 19.0 Å². The number of likely N-dealkylation sites (tertiary alicyclic amines) is 1. The number of nitrogens with zero attached hydrogens (tertiary/aromatic N) is 2. The van der Waals surface area contributed by atoms with Crippen molar-refractivity contribution in [2.45, 2.75) is 26.3 Å². The second-order valence-corrected chi connectivity index (χ2v) is 9.16. The average molecular weight is 435 g/mol. The van der Waals surface area contributed by atoms with Crippen LogP contribution in [0.3, 0.4) is 0 Å². The standard InChI is InChI=1S/C27H31FN2O2/c1-20(2)15-30(27(31)22-7-4-3-5-8-22)17-23-16-29(18-25-9-6-14-32-25)19-26(23)21-10-12-24(28)13-11-21/h3-14,20,23,26H,15-19H2,1-2H3/t23-,26-/m0/s1. The zero-order valence-corrected chi connectivity index (χ0v) is 18.8. The molecule has 2 aromatic carbocycles. The molecule has 4 rings (SSSR count). The second kappa shape index (κ2) is 10.1.